The Bertz CT molecular complexity index is 637. The van der Waals surface area contributed by atoms with Crippen molar-refractivity contribution in [2.24, 2.45) is 0 Å². The average Bonchev–Trinajstić information content (AvgIpc) is 3.18. The molecule has 2 aromatic heterocycles. The molecule has 22 heavy (non-hydrogen) atoms. The van der Waals surface area contributed by atoms with Crippen LogP contribution in [0.15, 0.2) is 4.52 Å². The standard InChI is InChI=1S/C14H20N6OS/c1-10-15-14(22-18-10)20-6-2-5-19(7-8-20)9-12-16-13(21-17-12)11-3-4-11/h11H,2-9H2,1H3. The zero-order valence-corrected chi connectivity index (χ0v) is 13.6. The second-order valence-corrected chi connectivity index (χ2v) is 6.79. The van der Waals surface area contributed by atoms with Gasteiger partial charge >= 0.3 is 0 Å². The highest BCUT2D eigenvalue weighted by Gasteiger charge is 2.30. The molecule has 0 amide bonds. The third-order valence-corrected chi connectivity index (χ3v) is 5.02. The first-order valence-corrected chi connectivity index (χ1v) is 8.65. The van der Waals surface area contributed by atoms with Crippen LogP contribution in [0.2, 0.25) is 0 Å². The summed E-state index contributed by atoms with van der Waals surface area (Å²) in [7, 11) is 0. The number of rotatable bonds is 4. The zero-order valence-electron chi connectivity index (χ0n) is 12.7. The van der Waals surface area contributed by atoms with Crippen molar-refractivity contribution in [3.05, 3.63) is 17.5 Å². The van der Waals surface area contributed by atoms with Gasteiger partial charge in [0.15, 0.2) is 5.82 Å². The Balaban J connectivity index is 1.35. The molecule has 1 saturated carbocycles. The van der Waals surface area contributed by atoms with Gasteiger partial charge in [0.05, 0.1) is 6.54 Å². The Morgan fingerprint density at radius 2 is 2.09 bits per heavy atom. The normalized spacial score (nSPS) is 20.3. The van der Waals surface area contributed by atoms with Gasteiger partial charge < -0.3 is 9.42 Å². The summed E-state index contributed by atoms with van der Waals surface area (Å²) in [6, 6.07) is 0. The summed E-state index contributed by atoms with van der Waals surface area (Å²) >= 11 is 1.49. The van der Waals surface area contributed by atoms with Gasteiger partial charge in [0.2, 0.25) is 11.0 Å². The first-order chi connectivity index (χ1) is 10.8. The van der Waals surface area contributed by atoms with E-state index in [-0.39, 0.29) is 0 Å². The van der Waals surface area contributed by atoms with Crippen molar-refractivity contribution in [1.82, 2.24) is 24.4 Å². The third kappa shape index (κ3) is 3.12. The van der Waals surface area contributed by atoms with Crippen molar-refractivity contribution in [2.75, 3.05) is 31.1 Å². The number of nitrogens with zero attached hydrogens (tertiary/aromatic N) is 6. The van der Waals surface area contributed by atoms with E-state index in [2.05, 4.69) is 29.3 Å². The number of anilines is 1. The molecule has 0 unspecified atom stereocenters. The van der Waals surface area contributed by atoms with Gasteiger partial charge in [-0.05, 0) is 26.2 Å². The smallest absolute Gasteiger partial charge is 0.229 e. The molecule has 2 aliphatic rings. The van der Waals surface area contributed by atoms with E-state index in [1.54, 1.807) is 0 Å². The van der Waals surface area contributed by atoms with Gasteiger partial charge in [-0.1, -0.05) is 5.16 Å². The minimum atomic E-state index is 0.529. The van der Waals surface area contributed by atoms with E-state index in [1.165, 1.54) is 24.4 Å². The van der Waals surface area contributed by atoms with Crippen LogP contribution in [0.5, 0.6) is 0 Å². The minimum absolute atomic E-state index is 0.529. The van der Waals surface area contributed by atoms with E-state index < -0.39 is 0 Å². The van der Waals surface area contributed by atoms with E-state index >= 15 is 0 Å². The highest BCUT2D eigenvalue weighted by molar-refractivity contribution is 7.09. The topological polar surface area (TPSA) is 71.2 Å². The average molecular weight is 320 g/mol. The molecule has 118 valence electrons. The van der Waals surface area contributed by atoms with Gasteiger partial charge in [-0.2, -0.15) is 9.36 Å². The van der Waals surface area contributed by atoms with Crippen LogP contribution in [0, 0.1) is 6.92 Å². The molecule has 0 N–H and O–H groups in total. The minimum Gasteiger partial charge on any atom is -0.346 e. The van der Waals surface area contributed by atoms with Crippen molar-refractivity contribution >= 4 is 16.7 Å². The molecule has 7 nitrogen and oxygen atoms in total. The molecular formula is C14H20N6OS. The Morgan fingerprint density at radius 1 is 1.18 bits per heavy atom. The lowest BCUT2D eigenvalue weighted by molar-refractivity contribution is 0.271. The molecule has 1 aliphatic heterocycles. The van der Waals surface area contributed by atoms with E-state index in [9.17, 15) is 0 Å². The fraction of sp³-hybridized carbons (Fsp3) is 0.714. The molecule has 8 heteroatoms. The second kappa shape index (κ2) is 5.92. The fourth-order valence-electron chi connectivity index (χ4n) is 2.76. The number of aromatic nitrogens is 4. The van der Waals surface area contributed by atoms with Crippen LogP contribution in [0.4, 0.5) is 5.13 Å². The lowest BCUT2D eigenvalue weighted by Gasteiger charge is -2.19. The third-order valence-electron chi connectivity index (χ3n) is 4.15. The number of hydrogen-bond acceptors (Lipinski definition) is 8. The summed E-state index contributed by atoms with van der Waals surface area (Å²) in [6.07, 6.45) is 3.51. The zero-order chi connectivity index (χ0) is 14.9. The Hall–Kier alpha value is -1.54. The maximum atomic E-state index is 5.34. The first kappa shape index (κ1) is 14.1. The van der Waals surface area contributed by atoms with Crippen LogP contribution in [0.1, 0.15) is 42.7 Å². The van der Waals surface area contributed by atoms with E-state index in [1.807, 2.05) is 6.92 Å². The highest BCUT2D eigenvalue weighted by Crippen LogP contribution is 2.38. The van der Waals surface area contributed by atoms with Crippen LogP contribution in [0.25, 0.3) is 0 Å². The lowest BCUT2D eigenvalue weighted by Crippen LogP contribution is -2.30. The molecule has 3 heterocycles. The SMILES string of the molecule is Cc1nsc(N2CCCN(Cc3noc(C4CC4)n3)CC2)n1. The second-order valence-electron chi connectivity index (χ2n) is 6.06. The number of hydrogen-bond donors (Lipinski definition) is 0. The molecule has 1 aliphatic carbocycles. The summed E-state index contributed by atoms with van der Waals surface area (Å²) < 4.78 is 9.62. The van der Waals surface area contributed by atoms with E-state index in [4.69, 9.17) is 4.52 Å². The van der Waals surface area contributed by atoms with Gasteiger partial charge in [-0.15, -0.1) is 0 Å². The molecule has 0 bridgehead atoms. The van der Waals surface area contributed by atoms with Crippen LogP contribution in [-0.4, -0.2) is 50.6 Å². The number of aryl methyl sites for hydroxylation is 1. The molecular weight excluding hydrogens is 300 g/mol. The van der Waals surface area contributed by atoms with Crippen molar-refractivity contribution in [3.63, 3.8) is 0 Å². The fourth-order valence-corrected chi connectivity index (χ4v) is 3.49. The van der Waals surface area contributed by atoms with Crippen LogP contribution in [0.3, 0.4) is 0 Å². The summed E-state index contributed by atoms with van der Waals surface area (Å²) in [5, 5.41) is 5.16. The molecule has 0 aromatic carbocycles. The molecule has 0 atom stereocenters. The van der Waals surface area contributed by atoms with E-state index in [0.717, 1.165) is 61.8 Å². The summed E-state index contributed by atoms with van der Waals surface area (Å²) in [5.41, 5.74) is 0. The summed E-state index contributed by atoms with van der Waals surface area (Å²) in [6.45, 7) is 6.78. The molecule has 2 fully saturated rings. The molecule has 1 saturated heterocycles. The maximum absolute atomic E-state index is 5.34. The van der Waals surface area contributed by atoms with E-state index in [0.29, 0.717) is 5.92 Å². The largest absolute Gasteiger partial charge is 0.346 e. The van der Waals surface area contributed by atoms with Gasteiger partial charge in [0.1, 0.15) is 5.82 Å². The predicted molar refractivity (Wildman–Crippen MR) is 83.0 cm³/mol. The lowest BCUT2D eigenvalue weighted by atomic mass is 10.4. The van der Waals surface area contributed by atoms with Gasteiger partial charge in [0.25, 0.3) is 0 Å². The van der Waals surface area contributed by atoms with Gasteiger partial charge in [-0.3, -0.25) is 4.90 Å². The van der Waals surface area contributed by atoms with Crippen molar-refractivity contribution in [2.45, 2.75) is 38.6 Å². The van der Waals surface area contributed by atoms with Crippen molar-refractivity contribution in [1.29, 1.82) is 0 Å². The molecule has 4 rings (SSSR count). The van der Waals surface area contributed by atoms with Crippen LogP contribution in [-0.2, 0) is 6.54 Å². The Kier molecular flexibility index (Phi) is 3.79. The molecule has 0 radical (unpaired) electrons. The van der Waals surface area contributed by atoms with Gasteiger partial charge in [-0.25, -0.2) is 4.98 Å². The predicted octanol–water partition coefficient (Wildman–Crippen LogP) is 1.82. The van der Waals surface area contributed by atoms with Crippen LogP contribution < -0.4 is 4.90 Å². The maximum Gasteiger partial charge on any atom is 0.229 e. The monoisotopic (exact) mass is 320 g/mol. The Labute approximate surface area is 133 Å². The highest BCUT2D eigenvalue weighted by atomic mass is 32.1. The molecule has 2 aromatic rings. The summed E-state index contributed by atoms with van der Waals surface area (Å²) in [4.78, 5) is 13.7. The van der Waals surface area contributed by atoms with Crippen molar-refractivity contribution < 1.29 is 4.52 Å². The van der Waals surface area contributed by atoms with Crippen molar-refractivity contribution in [3.8, 4) is 0 Å². The molecule has 0 spiro atoms. The summed E-state index contributed by atoms with van der Waals surface area (Å²) in [5.74, 6) is 3.04. The Morgan fingerprint density at radius 3 is 2.86 bits per heavy atom. The quantitative estimate of drug-likeness (QED) is 0.851. The van der Waals surface area contributed by atoms with Crippen LogP contribution >= 0.6 is 11.5 Å². The van der Waals surface area contributed by atoms with Gasteiger partial charge in [0, 0.05) is 43.6 Å². The first-order valence-electron chi connectivity index (χ1n) is 7.88.